The number of aryl methyl sites for hydroxylation is 1. The van der Waals surface area contributed by atoms with Crippen molar-refractivity contribution in [3.05, 3.63) is 5.82 Å². The number of hydrogen-bond donors (Lipinski definition) is 1. The van der Waals surface area contributed by atoms with Crippen LogP contribution in [-0.4, -0.2) is 50.3 Å². The van der Waals surface area contributed by atoms with Crippen LogP contribution in [0.15, 0.2) is 0 Å². The number of nitrogens with zero attached hydrogens (tertiary/aromatic N) is 5. The van der Waals surface area contributed by atoms with Gasteiger partial charge in [0, 0.05) is 31.7 Å². The highest BCUT2D eigenvalue weighted by atomic mass is 15.5. The van der Waals surface area contributed by atoms with Crippen LogP contribution < -0.4 is 5.32 Å². The van der Waals surface area contributed by atoms with Crippen LogP contribution in [0.5, 0.6) is 0 Å². The average Bonchev–Trinajstić information content (AvgIpc) is 2.65. The highest BCUT2D eigenvalue weighted by molar-refractivity contribution is 4.87. The molecule has 2 heterocycles. The van der Waals surface area contributed by atoms with Crippen molar-refractivity contribution >= 4 is 0 Å². The van der Waals surface area contributed by atoms with E-state index in [-0.39, 0.29) is 0 Å². The molecule has 2 rings (SSSR count). The van der Waals surface area contributed by atoms with Crippen molar-refractivity contribution in [2.24, 2.45) is 0 Å². The van der Waals surface area contributed by atoms with Crippen molar-refractivity contribution in [2.45, 2.75) is 52.4 Å². The third-order valence-corrected chi connectivity index (χ3v) is 3.04. The number of aromatic nitrogens is 4. The molecule has 6 heteroatoms. The zero-order valence-electron chi connectivity index (χ0n) is 10.9. The molecule has 1 fully saturated rings. The van der Waals surface area contributed by atoms with E-state index in [1.54, 1.807) is 0 Å². The van der Waals surface area contributed by atoms with Gasteiger partial charge in [0.2, 0.25) is 0 Å². The van der Waals surface area contributed by atoms with Crippen LogP contribution >= 0.6 is 0 Å². The molecule has 0 saturated carbocycles. The van der Waals surface area contributed by atoms with E-state index >= 15 is 0 Å². The van der Waals surface area contributed by atoms with Gasteiger partial charge in [-0.05, 0) is 30.7 Å². The molecule has 1 saturated heterocycles. The normalized spacial score (nSPS) is 26.3. The van der Waals surface area contributed by atoms with Gasteiger partial charge in [0.15, 0.2) is 5.82 Å². The van der Waals surface area contributed by atoms with Crippen molar-refractivity contribution in [1.82, 2.24) is 30.4 Å². The fourth-order valence-electron chi connectivity index (χ4n) is 2.49. The number of rotatable bonds is 4. The Balaban J connectivity index is 1.97. The first-order valence-corrected chi connectivity index (χ1v) is 6.42. The molecule has 0 amide bonds. The molecule has 0 aromatic carbocycles. The molecule has 2 atom stereocenters. The average molecular weight is 238 g/mol. The summed E-state index contributed by atoms with van der Waals surface area (Å²) in [4.78, 5) is 2.42. The van der Waals surface area contributed by atoms with Crippen molar-refractivity contribution in [2.75, 3.05) is 13.1 Å². The maximum absolute atomic E-state index is 4.12. The molecule has 0 spiro atoms. The molecule has 17 heavy (non-hydrogen) atoms. The second-order valence-electron chi connectivity index (χ2n) is 4.98. The van der Waals surface area contributed by atoms with Crippen molar-refractivity contribution in [1.29, 1.82) is 0 Å². The fraction of sp³-hybridized carbons (Fsp3) is 0.909. The summed E-state index contributed by atoms with van der Waals surface area (Å²) < 4.78 is 1.91. The van der Waals surface area contributed by atoms with Crippen molar-refractivity contribution < 1.29 is 0 Å². The van der Waals surface area contributed by atoms with E-state index in [0.29, 0.717) is 12.1 Å². The topological polar surface area (TPSA) is 58.9 Å². The summed E-state index contributed by atoms with van der Waals surface area (Å²) in [7, 11) is 0. The van der Waals surface area contributed by atoms with E-state index in [4.69, 9.17) is 0 Å². The Morgan fingerprint density at radius 3 is 2.65 bits per heavy atom. The first kappa shape index (κ1) is 12.4. The largest absolute Gasteiger partial charge is 0.309 e. The Kier molecular flexibility index (Phi) is 4.06. The predicted molar refractivity (Wildman–Crippen MR) is 65.4 cm³/mol. The van der Waals surface area contributed by atoms with E-state index in [1.165, 1.54) is 0 Å². The predicted octanol–water partition coefficient (Wildman–Crippen LogP) is 0.265. The standard InChI is InChI=1S/C11H22N6/c1-4-5-17-11(13-14-15-17)8-16-6-9(2)12-10(3)7-16/h9-10,12H,4-8H2,1-3H3. The minimum atomic E-state index is 0.536. The molecule has 1 aromatic rings. The lowest BCUT2D eigenvalue weighted by molar-refractivity contribution is 0.160. The Morgan fingerprint density at radius 1 is 1.29 bits per heavy atom. The summed E-state index contributed by atoms with van der Waals surface area (Å²) in [6, 6.07) is 1.07. The molecule has 6 nitrogen and oxygen atoms in total. The molecule has 1 aromatic heterocycles. The minimum absolute atomic E-state index is 0.536. The van der Waals surface area contributed by atoms with Crippen LogP contribution in [0.3, 0.4) is 0 Å². The molecule has 0 radical (unpaired) electrons. The molecule has 1 aliphatic heterocycles. The summed E-state index contributed by atoms with van der Waals surface area (Å²) >= 11 is 0. The van der Waals surface area contributed by atoms with Crippen LogP contribution in [0.1, 0.15) is 33.0 Å². The summed E-state index contributed by atoms with van der Waals surface area (Å²) in [6.45, 7) is 10.4. The first-order chi connectivity index (χ1) is 8.19. The molecule has 0 bridgehead atoms. The first-order valence-electron chi connectivity index (χ1n) is 6.42. The van der Waals surface area contributed by atoms with Gasteiger partial charge in [-0.2, -0.15) is 0 Å². The Morgan fingerprint density at radius 2 is 2.00 bits per heavy atom. The number of nitrogens with one attached hydrogen (secondary N) is 1. The maximum Gasteiger partial charge on any atom is 0.165 e. The second kappa shape index (κ2) is 5.55. The van der Waals surface area contributed by atoms with E-state index in [2.05, 4.69) is 46.5 Å². The maximum atomic E-state index is 4.12. The minimum Gasteiger partial charge on any atom is -0.309 e. The van der Waals surface area contributed by atoms with Gasteiger partial charge in [0.1, 0.15) is 0 Å². The quantitative estimate of drug-likeness (QED) is 0.815. The van der Waals surface area contributed by atoms with E-state index in [0.717, 1.165) is 38.4 Å². The monoisotopic (exact) mass is 238 g/mol. The van der Waals surface area contributed by atoms with Crippen LogP contribution in [0.4, 0.5) is 0 Å². The molecule has 1 N–H and O–H groups in total. The van der Waals surface area contributed by atoms with Crippen LogP contribution in [0.25, 0.3) is 0 Å². The Bertz CT molecular complexity index is 339. The lowest BCUT2D eigenvalue weighted by Crippen LogP contribution is -2.53. The summed E-state index contributed by atoms with van der Waals surface area (Å²) in [5.41, 5.74) is 0. The van der Waals surface area contributed by atoms with Gasteiger partial charge in [-0.3, -0.25) is 4.90 Å². The lowest BCUT2D eigenvalue weighted by Gasteiger charge is -2.35. The highest BCUT2D eigenvalue weighted by Crippen LogP contribution is 2.08. The second-order valence-corrected chi connectivity index (χ2v) is 4.98. The van der Waals surface area contributed by atoms with Gasteiger partial charge in [0.25, 0.3) is 0 Å². The fourth-order valence-corrected chi connectivity index (χ4v) is 2.49. The molecule has 2 unspecified atom stereocenters. The van der Waals surface area contributed by atoms with Crippen LogP contribution in [0, 0.1) is 0 Å². The zero-order valence-corrected chi connectivity index (χ0v) is 10.9. The molecule has 96 valence electrons. The van der Waals surface area contributed by atoms with Gasteiger partial charge < -0.3 is 5.32 Å². The van der Waals surface area contributed by atoms with E-state index in [9.17, 15) is 0 Å². The van der Waals surface area contributed by atoms with Crippen molar-refractivity contribution in [3.8, 4) is 0 Å². The van der Waals surface area contributed by atoms with Gasteiger partial charge in [-0.1, -0.05) is 6.92 Å². The third kappa shape index (κ3) is 3.23. The number of hydrogen-bond acceptors (Lipinski definition) is 5. The summed E-state index contributed by atoms with van der Waals surface area (Å²) in [5.74, 6) is 0.980. The molecule has 1 aliphatic rings. The smallest absolute Gasteiger partial charge is 0.165 e. The van der Waals surface area contributed by atoms with E-state index < -0.39 is 0 Å². The summed E-state index contributed by atoms with van der Waals surface area (Å²) in [5, 5.41) is 15.4. The number of piperazine rings is 1. The van der Waals surface area contributed by atoms with Crippen LogP contribution in [0.2, 0.25) is 0 Å². The van der Waals surface area contributed by atoms with Gasteiger partial charge in [-0.25, -0.2) is 4.68 Å². The van der Waals surface area contributed by atoms with E-state index in [1.807, 2.05) is 4.68 Å². The van der Waals surface area contributed by atoms with Crippen molar-refractivity contribution in [3.63, 3.8) is 0 Å². The SMILES string of the molecule is CCCn1nnnc1CN1CC(C)NC(C)C1. The van der Waals surface area contributed by atoms with Gasteiger partial charge >= 0.3 is 0 Å². The Labute approximate surface area is 102 Å². The van der Waals surface area contributed by atoms with Crippen LogP contribution in [-0.2, 0) is 13.1 Å². The lowest BCUT2D eigenvalue weighted by atomic mass is 10.1. The highest BCUT2D eigenvalue weighted by Gasteiger charge is 2.22. The molecular weight excluding hydrogens is 216 g/mol. The zero-order chi connectivity index (χ0) is 12.3. The summed E-state index contributed by atoms with van der Waals surface area (Å²) in [6.07, 6.45) is 1.06. The number of tetrazole rings is 1. The third-order valence-electron chi connectivity index (χ3n) is 3.04. The van der Waals surface area contributed by atoms with Gasteiger partial charge in [-0.15, -0.1) is 5.10 Å². The molecule has 0 aliphatic carbocycles. The Hall–Kier alpha value is -1.01. The van der Waals surface area contributed by atoms with Gasteiger partial charge in [0.05, 0.1) is 6.54 Å². The molecular formula is C11H22N6.